The number of nitrogens with one attached hydrogen (secondary N) is 1. The molecule has 0 aliphatic heterocycles. The minimum atomic E-state index is -0.749. The second-order valence-electron chi connectivity index (χ2n) is 5.31. The summed E-state index contributed by atoms with van der Waals surface area (Å²) < 4.78 is 28.7. The van der Waals surface area contributed by atoms with Crippen LogP contribution in [-0.2, 0) is 13.1 Å². The number of hydrogen-bond donors (Lipinski definition) is 1. The van der Waals surface area contributed by atoms with Gasteiger partial charge in [-0.15, -0.1) is 0 Å². The van der Waals surface area contributed by atoms with Crippen molar-refractivity contribution in [1.29, 1.82) is 0 Å². The van der Waals surface area contributed by atoms with Gasteiger partial charge in [0.15, 0.2) is 0 Å². The quantitative estimate of drug-likeness (QED) is 0.782. The molecule has 0 unspecified atom stereocenters. The molecule has 1 amide bonds. The summed E-state index contributed by atoms with van der Waals surface area (Å²) in [5.74, 6) is -2.05. The van der Waals surface area contributed by atoms with Gasteiger partial charge in [0.2, 0.25) is 0 Å². The molecule has 0 saturated heterocycles. The molecule has 0 fully saturated rings. The van der Waals surface area contributed by atoms with E-state index >= 15 is 0 Å². The Labute approximate surface area is 137 Å². The van der Waals surface area contributed by atoms with Gasteiger partial charge in [0.25, 0.3) is 5.91 Å². The maximum Gasteiger partial charge on any atom is 0.254 e. The highest BCUT2D eigenvalue weighted by molar-refractivity contribution is 5.94. The summed E-state index contributed by atoms with van der Waals surface area (Å²) in [5, 5.41) is 2.63. The Morgan fingerprint density at radius 2 is 1.92 bits per heavy atom. The van der Waals surface area contributed by atoms with Gasteiger partial charge in [0, 0.05) is 25.5 Å². The van der Waals surface area contributed by atoms with Crippen LogP contribution in [0.3, 0.4) is 0 Å². The van der Waals surface area contributed by atoms with E-state index in [1.807, 2.05) is 35.0 Å². The van der Waals surface area contributed by atoms with Crippen molar-refractivity contribution in [3.05, 3.63) is 89.5 Å². The van der Waals surface area contributed by atoms with Crippen molar-refractivity contribution in [2.75, 3.05) is 0 Å². The van der Waals surface area contributed by atoms with Crippen molar-refractivity contribution < 1.29 is 13.6 Å². The number of carbonyl (C=O) groups is 1. The predicted octanol–water partition coefficient (Wildman–Crippen LogP) is 3.14. The van der Waals surface area contributed by atoms with Gasteiger partial charge in [-0.25, -0.2) is 13.8 Å². The predicted molar refractivity (Wildman–Crippen MR) is 85.3 cm³/mol. The molecule has 0 radical (unpaired) electrons. The third kappa shape index (κ3) is 3.65. The molecule has 122 valence electrons. The standard InChI is InChI=1S/C18H15F2N3O/c19-15-5-6-17(20)16(9-15)18(24)22-10-13-3-1-2-4-14(13)11-23-8-7-21-12-23/h1-9,12H,10-11H2,(H,22,24). The monoisotopic (exact) mass is 327 g/mol. The molecule has 0 aliphatic rings. The average Bonchev–Trinajstić information content (AvgIpc) is 3.09. The first-order valence-electron chi connectivity index (χ1n) is 7.39. The lowest BCUT2D eigenvalue weighted by Crippen LogP contribution is -2.24. The number of carbonyl (C=O) groups excluding carboxylic acids is 1. The molecule has 1 N–H and O–H groups in total. The smallest absolute Gasteiger partial charge is 0.254 e. The lowest BCUT2D eigenvalue weighted by atomic mass is 10.1. The Morgan fingerprint density at radius 1 is 1.12 bits per heavy atom. The zero-order chi connectivity index (χ0) is 16.9. The van der Waals surface area contributed by atoms with E-state index in [0.29, 0.717) is 6.54 Å². The van der Waals surface area contributed by atoms with Crippen LogP contribution >= 0.6 is 0 Å². The Bertz CT molecular complexity index is 847. The van der Waals surface area contributed by atoms with Gasteiger partial charge in [-0.3, -0.25) is 4.79 Å². The summed E-state index contributed by atoms with van der Waals surface area (Å²) in [6.07, 6.45) is 5.24. The van der Waals surface area contributed by atoms with E-state index in [1.165, 1.54) is 0 Å². The lowest BCUT2D eigenvalue weighted by Gasteiger charge is -2.11. The zero-order valence-corrected chi connectivity index (χ0v) is 12.7. The molecule has 0 spiro atoms. The van der Waals surface area contributed by atoms with E-state index in [-0.39, 0.29) is 12.1 Å². The third-order valence-corrected chi connectivity index (χ3v) is 3.64. The number of benzene rings is 2. The number of halogens is 2. The van der Waals surface area contributed by atoms with E-state index < -0.39 is 17.5 Å². The topological polar surface area (TPSA) is 46.9 Å². The molecule has 0 aliphatic carbocycles. The maximum absolute atomic E-state index is 13.6. The molecule has 6 heteroatoms. The summed E-state index contributed by atoms with van der Waals surface area (Å²) >= 11 is 0. The van der Waals surface area contributed by atoms with Crippen LogP contribution in [0.25, 0.3) is 0 Å². The van der Waals surface area contributed by atoms with Gasteiger partial charge in [0.05, 0.1) is 11.9 Å². The van der Waals surface area contributed by atoms with Gasteiger partial charge in [-0.2, -0.15) is 0 Å². The number of nitrogens with zero attached hydrogens (tertiary/aromatic N) is 2. The summed E-state index contributed by atoms with van der Waals surface area (Å²) in [6.45, 7) is 0.833. The molecule has 3 aromatic rings. The number of rotatable bonds is 5. The van der Waals surface area contributed by atoms with Crippen molar-refractivity contribution >= 4 is 5.91 Å². The second kappa shape index (κ2) is 7.04. The van der Waals surface area contributed by atoms with Crippen LogP contribution in [0.1, 0.15) is 21.5 Å². The first kappa shape index (κ1) is 15.9. The van der Waals surface area contributed by atoms with Gasteiger partial charge in [-0.1, -0.05) is 24.3 Å². The van der Waals surface area contributed by atoms with E-state index in [1.54, 1.807) is 12.5 Å². The molecule has 0 atom stereocenters. The molecule has 1 heterocycles. The molecule has 2 aromatic carbocycles. The fraction of sp³-hybridized carbons (Fsp3) is 0.111. The Hall–Kier alpha value is -3.02. The fourth-order valence-electron chi connectivity index (χ4n) is 2.40. The van der Waals surface area contributed by atoms with Gasteiger partial charge in [-0.05, 0) is 29.3 Å². The SMILES string of the molecule is O=C(NCc1ccccc1Cn1ccnc1)c1cc(F)ccc1F. The van der Waals surface area contributed by atoms with Crippen molar-refractivity contribution in [2.45, 2.75) is 13.1 Å². The number of imidazole rings is 1. The van der Waals surface area contributed by atoms with Gasteiger partial charge < -0.3 is 9.88 Å². The van der Waals surface area contributed by atoms with E-state index in [9.17, 15) is 13.6 Å². The molecule has 4 nitrogen and oxygen atoms in total. The molecule has 0 saturated carbocycles. The van der Waals surface area contributed by atoms with E-state index in [0.717, 1.165) is 29.3 Å². The van der Waals surface area contributed by atoms with Crippen molar-refractivity contribution in [2.24, 2.45) is 0 Å². The summed E-state index contributed by atoms with van der Waals surface area (Å²) in [4.78, 5) is 16.1. The Morgan fingerprint density at radius 3 is 2.67 bits per heavy atom. The average molecular weight is 327 g/mol. The van der Waals surface area contributed by atoms with Crippen LogP contribution in [0, 0.1) is 11.6 Å². The van der Waals surface area contributed by atoms with Crippen LogP contribution in [0.4, 0.5) is 8.78 Å². The largest absolute Gasteiger partial charge is 0.348 e. The normalized spacial score (nSPS) is 10.6. The second-order valence-corrected chi connectivity index (χ2v) is 5.31. The van der Waals surface area contributed by atoms with Crippen LogP contribution in [0.5, 0.6) is 0 Å². The lowest BCUT2D eigenvalue weighted by molar-refractivity contribution is 0.0946. The van der Waals surface area contributed by atoms with E-state index in [4.69, 9.17) is 0 Å². The van der Waals surface area contributed by atoms with Crippen LogP contribution in [0.15, 0.2) is 61.2 Å². The molecule has 24 heavy (non-hydrogen) atoms. The first-order valence-corrected chi connectivity index (χ1v) is 7.39. The zero-order valence-electron chi connectivity index (χ0n) is 12.7. The van der Waals surface area contributed by atoms with Crippen molar-refractivity contribution in [3.8, 4) is 0 Å². The summed E-state index contributed by atoms with van der Waals surface area (Å²) in [6, 6.07) is 10.4. The van der Waals surface area contributed by atoms with Crippen molar-refractivity contribution in [3.63, 3.8) is 0 Å². The van der Waals surface area contributed by atoms with Gasteiger partial charge in [0.1, 0.15) is 11.6 Å². The Balaban J connectivity index is 1.72. The fourth-order valence-corrected chi connectivity index (χ4v) is 2.40. The first-order chi connectivity index (χ1) is 11.6. The third-order valence-electron chi connectivity index (χ3n) is 3.64. The van der Waals surface area contributed by atoms with Gasteiger partial charge >= 0.3 is 0 Å². The highest BCUT2D eigenvalue weighted by Crippen LogP contribution is 2.13. The van der Waals surface area contributed by atoms with Crippen LogP contribution in [0.2, 0.25) is 0 Å². The Kier molecular flexibility index (Phi) is 4.65. The van der Waals surface area contributed by atoms with Crippen molar-refractivity contribution in [1.82, 2.24) is 14.9 Å². The summed E-state index contributed by atoms with van der Waals surface area (Å²) in [5.41, 5.74) is 1.61. The maximum atomic E-state index is 13.6. The number of amides is 1. The number of aromatic nitrogens is 2. The van der Waals surface area contributed by atoms with Crippen LogP contribution < -0.4 is 5.32 Å². The molecular weight excluding hydrogens is 312 g/mol. The van der Waals surface area contributed by atoms with Crippen LogP contribution in [-0.4, -0.2) is 15.5 Å². The number of hydrogen-bond acceptors (Lipinski definition) is 2. The summed E-state index contributed by atoms with van der Waals surface area (Å²) in [7, 11) is 0. The highest BCUT2D eigenvalue weighted by atomic mass is 19.1. The highest BCUT2D eigenvalue weighted by Gasteiger charge is 2.13. The molecule has 3 rings (SSSR count). The molecule has 0 bridgehead atoms. The van der Waals surface area contributed by atoms with E-state index in [2.05, 4.69) is 10.3 Å². The minimum Gasteiger partial charge on any atom is -0.348 e. The molecular formula is C18H15F2N3O. The molecule has 1 aromatic heterocycles. The minimum absolute atomic E-state index is 0.222.